The summed E-state index contributed by atoms with van der Waals surface area (Å²) in [5.41, 5.74) is 4.59. The van der Waals surface area contributed by atoms with Gasteiger partial charge in [0.05, 0.1) is 12.2 Å². The van der Waals surface area contributed by atoms with E-state index in [2.05, 4.69) is 21.0 Å². The van der Waals surface area contributed by atoms with Crippen LogP contribution < -0.4 is 21.0 Å². The molecule has 0 saturated carbocycles. The number of nitrogens with one attached hydrogen (secondary N) is 3. The summed E-state index contributed by atoms with van der Waals surface area (Å²) in [6.45, 7) is 3.55. The number of carbonyl (C=O) groups is 3. The fourth-order valence-electron chi connectivity index (χ4n) is 5.59. The number of nitrogens with zero attached hydrogens (tertiary/aromatic N) is 2. The first kappa shape index (κ1) is 34.3. The second-order valence-electron chi connectivity index (χ2n) is 11.6. The van der Waals surface area contributed by atoms with Crippen molar-refractivity contribution in [3.8, 4) is 16.9 Å². The molecule has 0 aliphatic carbocycles. The molecule has 4 aromatic rings. The Morgan fingerprint density at radius 3 is 2.27 bits per heavy atom. The standard InChI is InChI=1S/C38H43N5O5/c44-33-18-16-29(17-19-33)27-39-20-21-41-37(46)32-13-9-12-31(26-32)36(45)28-40-22-25-48-38(47)43(42-23-7-2-8-24-42)35-15-6-5-14-34(35)30-10-3-1-4-11-30/h1,3-6,9-19,26,39-40,44H,2,7-8,20-25,27-28H2,(H,41,46). The zero-order chi connectivity index (χ0) is 33.6. The van der Waals surface area contributed by atoms with Crippen LogP contribution in [0.15, 0.2) is 103 Å². The van der Waals surface area contributed by atoms with Crippen LogP contribution in [0, 0.1) is 0 Å². The zero-order valence-corrected chi connectivity index (χ0v) is 27.1. The Morgan fingerprint density at radius 1 is 0.750 bits per heavy atom. The van der Waals surface area contributed by atoms with Crippen LogP contribution >= 0.6 is 0 Å². The van der Waals surface area contributed by atoms with Crippen LogP contribution in [0.3, 0.4) is 0 Å². The minimum Gasteiger partial charge on any atom is -0.508 e. The maximum atomic E-state index is 13.6. The van der Waals surface area contributed by atoms with Crippen LogP contribution in [0.25, 0.3) is 11.1 Å². The molecule has 250 valence electrons. The molecule has 0 unspecified atom stereocenters. The normalized spacial score (nSPS) is 13.1. The predicted molar refractivity (Wildman–Crippen MR) is 187 cm³/mol. The van der Waals surface area contributed by atoms with Crippen LogP contribution in [0.2, 0.25) is 0 Å². The van der Waals surface area contributed by atoms with Gasteiger partial charge in [0.25, 0.3) is 5.91 Å². The van der Waals surface area contributed by atoms with Crippen LogP contribution in [-0.4, -0.2) is 73.8 Å². The number of para-hydroxylation sites is 1. The third kappa shape index (κ3) is 9.74. The molecular formula is C38H43N5O5. The molecule has 2 amide bonds. The highest BCUT2D eigenvalue weighted by atomic mass is 16.6. The molecule has 48 heavy (non-hydrogen) atoms. The molecule has 1 aliphatic heterocycles. The first-order valence-electron chi connectivity index (χ1n) is 16.5. The first-order chi connectivity index (χ1) is 23.5. The van der Waals surface area contributed by atoms with Gasteiger partial charge in [-0.05, 0) is 54.3 Å². The fourth-order valence-corrected chi connectivity index (χ4v) is 5.59. The van der Waals surface area contributed by atoms with Gasteiger partial charge in [-0.2, -0.15) is 0 Å². The van der Waals surface area contributed by atoms with Gasteiger partial charge in [-0.1, -0.05) is 79.2 Å². The minimum absolute atomic E-state index is 0.0382. The molecule has 0 atom stereocenters. The maximum absolute atomic E-state index is 13.6. The van der Waals surface area contributed by atoms with E-state index >= 15 is 0 Å². The van der Waals surface area contributed by atoms with E-state index in [1.54, 1.807) is 41.4 Å². The van der Waals surface area contributed by atoms with Crippen molar-refractivity contribution >= 4 is 23.5 Å². The highest BCUT2D eigenvalue weighted by Crippen LogP contribution is 2.33. The molecule has 0 aromatic heterocycles. The van der Waals surface area contributed by atoms with Gasteiger partial charge in [-0.15, -0.1) is 0 Å². The van der Waals surface area contributed by atoms with Crippen LogP contribution in [0.5, 0.6) is 5.75 Å². The van der Waals surface area contributed by atoms with E-state index in [1.165, 1.54) is 0 Å². The molecule has 10 heteroatoms. The van der Waals surface area contributed by atoms with Gasteiger partial charge in [0.15, 0.2) is 5.78 Å². The molecule has 0 radical (unpaired) electrons. The number of anilines is 1. The summed E-state index contributed by atoms with van der Waals surface area (Å²) in [4.78, 5) is 39.1. The lowest BCUT2D eigenvalue weighted by Crippen LogP contribution is -2.50. The summed E-state index contributed by atoms with van der Waals surface area (Å²) in [6, 6.07) is 31.4. The predicted octanol–water partition coefficient (Wildman–Crippen LogP) is 5.40. The van der Waals surface area contributed by atoms with Crippen molar-refractivity contribution in [3.05, 3.63) is 120 Å². The molecule has 1 fully saturated rings. The van der Waals surface area contributed by atoms with E-state index in [-0.39, 0.29) is 30.6 Å². The molecule has 1 aliphatic rings. The minimum atomic E-state index is -0.456. The molecule has 0 spiro atoms. The van der Waals surface area contributed by atoms with E-state index < -0.39 is 6.09 Å². The Labute approximate surface area is 281 Å². The Balaban J connectivity index is 1.08. The molecule has 0 bridgehead atoms. The summed E-state index contributed by atoms with van der Waals surface area (Å²) in [5, 5.41) is 22.3. The van der Waals surface area contributed by atoms with E-state index in [1.807, 2.05) is 66.7 Å². The number of hydrazine groups is 1. The first-order valence-corrected chi connectivity index (χ1v) is 16.5. The number of amides is 2. The number of benzene rings is 4. The van der Waals surface area contributed by atoms with Gasteiger partial charge in [0, 0.05) is 56.0 Å². The fraction of sp³-hybridized carbons (Fsp3) is 0.289. The molecule has 4 aromatic carbocycles. The number of carbonyl (C=O) groups excluding carboxylic acids is 3. The third-order valence-electron chi connectivity index (χ3n) is 8.09. The van der Waals surface area contributed by atoms with E-state index in [0.29, 0.717) is 37.3 Å². The van der Waals surface area contributed by atoms with Gasteiger partial charge in [-0.25, -0.2) is 14.8 Å². The van der Waals surface area contributed by atoms with Gasteiger partial charge < -0.3 is 25.8 Å². The molecule has 10 nitrogen and oxygen atoms in total. The number of hydrogen-bond donors (Lipinski definition) is 4. The number of phenols is 1. The van der Waals surface area contributed by atoms with Crippen molar-refractivity contribution in [1.82, 2.24) is 21.0 Å². The number of ketones is 1. The Bertz CT molecular complexity index is 1640. The lowest BCUT2D eigenvalue weighted by Gasteiger charge is -2.37. The smallest absolute Gasteiger partial charge is 0.429 e. The van der Waals surface area contributed by atoms with Gasteiger partial charge >= 0.3 is 6.09 Å². The monoisotopic (exact) mass is 649 g/mol. The van der Waals surface area contributed by atoms with Crippen molar-refractivity contribution in [2.45, 2.75) is 25.8 Å². The summed E-state index contributed by atoms with van der Waals surface area (Å²) >= 11 is 0. The number of ether oxygens (including phenoxy) is 1. The number of aromatic hydroxyl groups is 1. The van der Waals surface area contributed by atoms with Gasteiger partial charge in [-0.3, -0.25) is 9.59 Å². The summed E-state index contributed by atoms with van der Waals surface area (Å²) in [5.74, 6) is -0.207. The quantitative estimate of drug-likeness (QED) is 0.0999. The molecule has 5 rings (SSSR count). The number of piperidine rings is 1. The van der Waals surface area contributed by atoms with E-state index in [9.17, 15) is 19.5 Å². The van der Waals surface area contributed by atoms with Crippen molar-refractivity contribution in [2.75, 3.05) is 50.9 Å². The van der Waals surface area contributed by atoms with Gasteiger partial charge in [0.2, 0.25) is 0 Å². The Morgan fingerprint density at radius 2 is 1.48 bits per heavy atom. The largest absolute Gasteiger partial charge is 0.508 e. The average molecular weight is 650 g/mol. The van der Waals surface area contributed by atoms with Gasteiger partial charge in [0.1, 0.15) is 12.4 Å². The molecule has 1 saturated heterocycles. The maximum Gasteiger partial charge on any atom is 0.429 e. The number of Topliss-reactive ketones (excluding diaryl/α,β-unsaturated/α-hetero) is 1. The SMILES string of the molecule is O=C(CNCCOC(=O)N(c1ccccc1-c1ccccc1)N1CCCCC1)c1cccc(C(=O)NCCNCc2ccc(O)cc2)c1. The lowest BCUT2D eigenvalue weighted by molar-refractivity contribution is 0.0953. The van der Waals surface area contributed by atoms with Crippen molar-refractivity contribution in [2.24, 2.45) is 0 Å². The highest BCUT2D eigenvalue weighted by molar-refractivity contribution is 6.01. The third-order valence-corrected chi connectivity index (χ3v) is 8.09. The number of phenolic OH excluding ortho intramolecular Hbond substituents is 1. The highest BCUT2D eigenvalue weighted by Gasteiger charge is 2.28. The summed E-state index contributed by atoms with van der Waals surface area (Å²) in [7, 11) is 0. The van der Waals surface area contributed by atoms with Crippen molar-refractivity contribution in [3.63, 3.8) is 0 Å². The summed E-state index contributed by atoms with van der Waals surface area (Å²) < 4.78 is 5.73. The van der Waals surface area contributed by atoms with Crippen LogP contribution in [-0.2, 0) is 11.3 Å². The second kappa shape index (κ2) is 17.8. The van der Waals surface area contributed by atoms with E-state index in [0.717, 1.165) is 54.7 Å². The molecular weight excluding hydrogens is 606 g/mol. The van der Waals surface area contributed by atoms with E-state index in [4.69, 9.17) is 4.74 Å². The zero-order valence-electron chi connectivity index (χ0n) is 27.1. The molecule has 4 N–H and O–H groups in total. The van der Waals surface area contributed by atoms with Crippen LogP contribution in [0.4, 0.5) is 10.5 Å². The Kier molecular flexibility index (Phi) is 12.7. The Hall–Kier alpha value is -5.03. The number of hydrogen-bond acceptors (Lipinski definition) is 8. The second-order valence-corrected chi connectivity index (χ2v) is 11.6. The number of rotatable bonds is 15. The molecule has 1 heterocycles. The van der Waals surface area contributed by atoms with Crippen LogP contribution in [0.1, 0.15) is 45.5 Å². The van der Waals surface area contributed by atoms with Crippen molar-refractivity contribution in [1.29, 1.82) is 0 Å². The van der Waals surface area contributed by atoms with Crippen molar-refractivity contribution < 1.29 is 24.2 Å². The average Bonchev–Trinajstić information content (AvgIpc) is 3.13. The topological polar surface area (TPSA) is 123 Å². The summed E-state index contributed by atoms with van der Waals surface area (Å²) in [6.07, 6.45) is 2.68. The lowest BCUT2D eigenvalue weighted by atomic mass is 10.0.